The highest BCUT2D eigenvalue weighted by Crippen LogP contribution is 2.18. The number of aryl methyl sites for hydroxylation is 2. The van der Waals surface area contributed by atoms with Crippen LogP contribution in [-0.2, 0) is 19.3 Å². The van der Waals surface area contributed by atoms with E-state index in [4.69, 9.17) is 9.97 Å². The second-order valence-electron chi connectivity index (χ2n) is 5.27. The lowest BCUT2D eigenvalue weighted by atomic mass is 10.0. The molecular weight excluding hydrogens is 260 g/mol. The molecule has 0 aliphatic heterocycles. The Morgan fingerprint density at radius 2 is 1.43 bits per heavy atom. The zero-order chi connectivity index (χ0) is 15.7. The average molecular weight is 292 g/mol. The Morgan fingerprint density at radius 3 is 1.86 bits per heavy atom. The molecule has 1 aromatic heterocycles. The van der Waals surface area contributed by atoms with Crippen LogP contribution in [0.15, 0.2) is 0 Å². The van der Waals surface area contributed by atoms with E-state index in [0.29, 0.717) is 0 Å². The fourth-order valence-electron chi connectivity index (χ4n) is 2.60. The Labute approximate surface area is 130 Å². The van der Waals surface area contributed by atoms with Crippen molar-refractivity contribution in [2.75, 3.05) is 31.1 Å². The van der Waals surface area contributed by atoms with Gasteiger partial charge in [-0.25, -0.2) is 9.97 Å². The van der Waals surface area contributed by atoms with Crippen LogP contribution in [0.1, 0.15) is 58.0 Å². The van der Waals surface area contributed by atoms with Gasteiger partial charge in [0.05, 0.1) is 0 Å². The van der Waals surface area contributed by atoms with Crippen molar-refractivity contribution in [2.45, 2.75) is 60.3 Å². The minimum atomic E-state index is 0.902. The molecule has 1 aromatic rings. The first-order valence-electron chi connectivity index (χ1n) is 8.55. The third-order valence-electron chi connectivity index (χ3n) is 3.86. The van der Waals surface area contributed by atoms with Crippen molar-refractivity contribution in [3.8, 4) is 0 Å². The number of nitrogens with one attached hydrogen (secondary N) is 1. The molecule has 4 nitrogen and oxygen atoms in total. The lowest BCUT2D eigenvalue weighted by Gasteiger charge is -2.22. The van der Waals surface area contributed by atoms with Gasteiger partial charge in [-0.15, -0.1) is 0 Å². The minimum absolute atomic E-state index is 0.902. The second kappa shape index (κ2) is 9.72. The summed E-state index contributed by atoms with van der Waals surface area (Å²) in [6, 6.07) is 0. The number of rotatable bonds is 10. The molecule has 21 heavy (non-hydrogen) atoms. The van der Waals surface area contributed by atoms with Gasteiger partial charge < -0.3 is 10.2 Å². The molecule has 0 aliphatic carbocycles. The van der Waals surface area contributed by atoms with Gasteiger partial charge in [0.25, 0.3) is 0 Å². The van der Waals surface area contributed by atoms with Gasteiger partial charge in [-0.05, 0) is 58.2 Å². The van der Waals surface area contributed by atoms with Crippen molar-refractivity contribution >= 4 is 5.95 Å². The van der Waals surface area contributed by atoms with Crippen LogP contribution in [0.5, 0.6) is 0 Å². The highest BCUT2D eigenvalue weighted by molar-refractivity contribution is 5.37. The summed E-state index contributed by atoms with van der Waals surface area (Å²) in [7, 11) is 0. The first kappa shape index (κ1) is 17.9. The van der Waals surface area contributed by atoms with E-state index in [1.54, 1.807) is 0 Å². The van der Waals surface area contributed by atoms with Gasteiger partial charge in [-0.2, -0.15) is 0 Å². The molecule has 120 valence electrons. The van der Waals surface area contributed by atoms with Crippen LogP contribution in [0.25, 0.3) is 0 Å². The largest absolute Gasteiger partial charge is 0.341 e. The maximum absolute atomic E-state index is 4.83. The summed E-state index contributed by atoms with van der Waals surface area (Å²) in [6.07, 6.45) is 4.17. The number of nitrogens with zero attached hydrogens (tertiary/aromatic N) is 3. The third-order valence-corrected chi connectivity index (χ3v) is 3.86. The van der Waals surface area contributed by atoms with Crippen LogP contribution in [0.2, 0.25) is 0 Å². The molecule has 0 aromatic carbocycles. The number of hydrogen-bond donors (Lipinski definition) is 1. The summed E-state index contributed by atoms with van der Waals surface area (Å²) in [4.78, 5) is 11.9. The molecule has 0 saturated heterocycles. The van der Waals surface area contributed by atoms with E-state index in [1.165, 1.54) is 23.4 Å². The monoisotopic (exact) mass is 292 g/mol. The topological polar surface area (TPSA) is 41.1 Å². The van der Waals surface area contributed by atoms with E-state index < -0.39 is 0 Å². The molecule has 0 amide bonds. The van der Waals surface area contributed by atoms with Crippen LogP contribution in [-0.4, -0.2) is 36.1 Å². The van der Waals surface area contributed by atoms with Crippen molar-refractivity contribution in [3.63, 3.8) is 0 Å². The van der Waals surface area contributed by atoms with Gasteiger partial charge in [-0.3, -0.25) is 0 Å². The number of aromatic nitrogens is 2. The molecule has 0 fully saturated rings. The Bertz CT molecular complexity index is 388. The van der Waals surface area contributed by atoms with Crippen molar-refractivity contribution in [1.29, 1.82) is 0 Å². The molecule has 0 aliphatic rings. The van der Waals surface area contributed by atoms with Crippen molar-refractivity contribution in [2.24, 2.45) is 0 Å². The maximum Gasteiger partial charge on any atom is 0.225 e. The van der Waals surface area contributed by atoms with E-state index in [2.05, 4.69) is 44.8 Å². The fraction of sp³-hybridized carbons (Fsp3) is 0.765. The van der Waals surface area contributed by atoms with Gasteiger partial charge in [0.2, 0.25) is 5.95 Å². The van der Waals surface area contributed by atoms with Crippen LogP contribution < -0.4 is 10.2 Å². The standard InChI is InChI=1S/C17H32N4/c1-6-12-18-13-11-14-15(7-2)19-17(20-16(14)8-3)21(9-4)10-5/h18H,6-13H2,1-5H3. The van der Waals surface area contributed by atoms with Crippen molar-refractivity contribution in [3.05, 3.63) is 17.0 Å². The summed E-state index contributed by atoms with van der Waals surface area (Å²) in [6.45, 7) is 14.9. The Kier molecular flexibility index (Phi) is 8.28. The summed E-state index contributed by atoms with van der Waals surface area (Å²) in [5.74, 6) is 0.902. The molecule has 0 bridgehead atoms. The van der Waals surface area contributed by atoms with Crippen LogP contribution in [0.4, 0.5) is 5.95 Å². The quantitative estimate of drug-likeness (QED) is 0.673. The first-order chi connectivity index (χ1) is 10.2. The molecule has 1 heterocycles. The predicted octanol–water partition coefficient (Wildman–Crippen LogP) is 2.99. The van der Waals surface area contributed by atoms with E-state index >= 15 is 0 Å². The van der Waals surface area contributed by atoms with Crippen molar-refractivity contribution in [1.82, 2.24) is 15.3 Å². The summed E-state index contributed by atoms with van der Waals surface area (Å²) in [5, 5.41) is 3.48. The Hall–Kier alpha value is -1.16. The zero-order valence-electron chi connectivity index (χ0n) is 14.5. The Balaban J connectivity index is 3.00. The molecule has 0 atom stereocenters. The lowest BCUT2D eigenvalue weighted by molar-refractivity contribution is 0.661. The molecule has 1 N–H and O–H groups in total. The van der Waals surface area contributed by atoms with Gasteiger partial charge in [0.15, 0.2) is 0 Å². The van der Waals surface area contributed by atoms with Crippen LogP contribution >= 0.6 is 0 Å². The van der Waals surface area contributed by atoms with Crippen molar-refractivity contribution < 1.29 is 0 Å². The van der Waals surface area contributed by atoms with Crippen LogP contribution in [0, 0.1) is 0 Å². The molecular formula is C17H32N4. The van der Waals surface area contributed by atoms with Gasteiger partial charge in [0, 0.05) is 24.5 Å². The van der Waals surface area contributed by atoms with E-state index in [-0.39, 0.29) is 0 Å². The average Bonchev–Trinajstić information content (AvgIpc) is 2.52. The molecule has 1 rings (SSSR count). The molecule has 4 heteroatoms. The fourth-order valence-corrected chi connectivity index (χ4v) is 2.60. The van der Waals surface area contributed by atoms with Gasteiger partial charge >= 0.3 is 0 Å². The van der Waals surface area contributed by atoms with E-state index in [9.17, 15) is 0 Å². The van der Waals surface area contributed by atoms with E-state index in [1.807, 2.05) is 0 Å². The molecule has 0 spiro atoms. The normalized spacial score (nSPS) is 10.9. The minimum Gasteiger partial charge on any atom is -0.341 e. The SMILES string of the molecule is CCCNCCc1c(CC)nc(N(CC)CC)nc1CC. The highest BCUT2D eigenvalue weighted by atomic mass is 15.2. The summed E-state index contributed by atoms with van der Waals surface area (Å²) in [5.41, 5.74) is 3.81. The van der Waals surface area contributed by atoms with Gasteiger partial charge in [0.1, 0.15) is 0 Å². The second-order valence-corrected chi connectivity index (χ2v) is 5.27. The van der Waals surface area contributed by atoms with Gasteiger partial charge in [-0.1, -0.05) is 20.8 Å². The van der Waals surface area contributed by atoms with Crippen LogP contribution in [0.3, 0.4) is 0 Å². The number of anilines is 1. The summed E-state index contributed by atoms with van der Waals surface area (Å²) < 4.78 is 0. The third kappa shape index (κ3) is 4.95. The maximum atomic E-state index is 4.83. The van der Waals surface area contributed by atoms with E-state index in [0.717, 1.165) is 51.4 Å². The summed E-state index contributed by atoms with van der Waals surface area (Å²) >= 11 is 0. The smallest absolute Gasteiger partial charge is 0.225 e. The zero-order valence-corrected chi connectivity index (χ0v) is 14.5. The predicted molar refractivity (Wildman–Crippen MR) is 91.2 cm³/mol. The number of hydrogen-bond acceptors (Lipinski definition) is 4. The molecule has 0 unspecified atom stereocenters. The highest BCUT2D eigenvalue weighted by Gasteiger charge is 2.14. The first-order valence-corrected chi connectivity index (χ1v) is 8.55. The molecule has 0 radical (unpaired) electrons. The Morgan fingerprint density at radius 1 is 0.857 bits per heavy atom. The molecule has 0 saturated carbocycles. The lowest BCUT2D eigenvalue weighted by Crippen LogP contribution is -2.26.